The first-order valence-corrected chi connectivity index (χ1v) is 10.0. The molecular formula is C19H27ClN4S. The first-order chi connectivity index (χ1) is 12.0. The summed E-state index contributed by atoms with van der Waals surface area (Å²) in [6.07, 6.45) is 2.50. The topological polar surface area (TPSA) is 22.6 Å². The molecule has 0 radical (unpaired) electrons. The first-order valence-electron chi connectivity index (χ1n) is 8.82. The summed E-state index contributed by atoms with van der Waals surface area (Å²) in [5.41, 5.74) is 1.38. The maximum atomic E-state index is 6.35. The van der Waals surface area contributed by atoms with Gasteiger partial charge in [-0.2, -0.15) is 0 Å². The maximum absolute atomic E-state index is 6.35. The number of likely N-dealkylation sites (N-methyl/N-ethyl adjacent to an activating group) is 1. The van der Waals surface area contributed by atoms with E-state index in [0.717, 1.165) is 31.3 Å². The average molecular weight is 379 g/mol. The lowest BCUT2D eigenvalue weighted by atomic mass is 10.0. The van der Waals surface area contributed by atoms with Crippen LogP contribution in [0.1, 0.15) is 23.3 Å². The van der Waals surface area contributed by atoms with Crippen LogP contribution in [0.2, 0.25) is 5.15 Å². The monoisotopic (exact) mass is 378 g/mol. The fourth-order valence-electron chi connectivity index (χ4n) is 3.35. The molecule has 1 aliphatic heterocycles. The third kappa shape index (κ3) is 4.94. The largest absolute Gasteiger partial charge is 0.354 e. The van der Waals surface area contributed by atoms with Crippen molar-refractivity contribution in [2.24, 2.45) is 0 Å². The lowest BCUT2D eigenvalue weighted by Crippen LogP contribution is -2.45. The molecule has 4 nitrogen and oxygen atoms in total. The predicted octanol–water partition coefficient (Wildman–Crippen LogP) is 3.96. The Balaban J connectivity index is 1.59. The number of thiazole rings is 1. The lowest BCUT2D eigenvalue weighted by Gasteiger charge is -2.37. The van der Waals surface area contributed by atoms with Crippen molar-refractivity contribution in [1.82, 2.24) is 14.8 Å². The Morgan fingerprint density at radius 2 is 2.00 bits per heavy atom. The second-order valence-corrected chi connectivity index (χ2v) is 8.46. The molecule has 1 saturated heterocycles. The standard InChI is InChI=1S/C19H27ClN4S/c1-22(2)19-21-18(20)17(25-19)14-24-11-7-10-16(13-24)23(3)12-15-8-5-4-6-9-15/h4-6,8-9,16H,7,10-14H2,1-3H3/t16-/m1/s1. The highest BCUT2D eigenvalue weighted by atomic mass is 35.5. The van der Waals surface area contributed by atoms with E-state index in [9.17, 15) is 0 Å². The van der Waals surface area contributed by atoms with E-state index in [-0.39, 0.29) is 0 Å². The third-order valence-electron chi connectivity index (χ3n) is 4.77. The molecule has 1 aromatic carbocycles. The minimum absolute atomic E-state index is 0.592. The normalized spacial score (nSPS) is 18.7. The minimum atomic E-state index is 0.592. The van der Waals surface area contributed by atoms with Crippen molar-refractivity contribution >= 4 is 28.1 Å². The summed E-state index contributed by atoms with van der Waals surface area (Å²) >= 11 is 8.05. The Morgan fingerprint density at radius 1 is 1.24 bits per heavy atom. The lowest BCUT2D eigenvalue weighted by molar-refractivity contribution is 0.108. The molecule has 1 aromatic heterocycles. The zero-order valence-electron chi connectivity index (χ0n) is 15.3. The summed E-state index contributed by atoms with van der Waals surface area (Å²) in [4.78, 5) is 12.7. The van der Waals surface area contributed by atoms with Crippen LogP contribution >= 0.6 is 22.9 Å². The Morgan fingerprint density at radius 3 is 2.68 bits per heavy atom. The van der Waals surface area contributed by atoms with Crippen LogP contribution in [0.25, 0.3) is 0 Å². The van der Waals surface area contributed by atoms with Crippen LogP contribution in [-0.2, 0) is 13.1 Å². The molecule has 6 heteroatoms. The summed E-state index contributed by atoms with van der Waals surface area (Å²) in [6, 6.07) is 11.3. The Hall–Kier alpha value is -1.14. The van der Waals surface area contributed by atoms with Crippen LogP contribution in [-0.4, -0.2) is 55.1 Å². The van der Waals surface area contributed by atoms with Crippen LogP contribution in [0, 0.1) is 0 Å². The molecule has 2 heterocycles. The number of likely N-dealkylation sites (tertiary alicyclic amines) is 1. The number of hydrogen-bond donors (Lipinski definition) is 0. The van der Waals surface area contributed by atoms with Gasteiger partial charge in [-0.1, -0.05) is 53.3 Å². The van der Waals surface area contributed by atoms with Crippen molar-refractivity contribution in [3.63, 3.8) is 0 Å². The average Bonchev–Trinajstić information content (AvgIpc) is 2.97. The summed E-state index contributed by atoms with van der Waals surface area (Å²) < 4.78 is 0. The number of rotatable bonds is 6. The van der Waals surface area contributed by atoms with Gasteiger partial charge in [-0.25, -0.2) is 4.98 Å². The van der Waals surface area contributed by atoms with Crippen molar-refractivity contribution in [2.75, 3.05) is 39.1 Å². The number of piperidine rings is 1. The molecule has 0 spiro atoms. The van der Waals surface area contributed by atoms with Gasteiger partial charge in [0, 0.05) is 39.8 Å². The van der Waals surface area contributed by atoms with Crippen LogP contribution in [0.15, 0.2) is 30.3 Å². The van der Waals surface area contributed by atoms with E-state index in [4.69, 9.17) is 11.6 Å². The number of halogens is 1. The van der Waals surface area contributed by atoms with Crippen LogP contribution in [0.5, 0.6) is 0 Å². The van der Waals surface area contributed by atoms with Gasteiger partial charge in [0.05, 0.1) is 4.88 Å². The van der Waals surface area contributed by atoms with Crippen LogP contribution < -0.4 is 4.90 Å². The molecular weight excluding hydrogens is 352 g/mol. The molecule has 136 valence electrons. The SMILES string of the molecule is CN(C)c1nc(Cl)c(CN2CCC[C@@H](N(C)Cc3ccccc3)C2)s1. The van der Waals surface area contributed by atoms with Gasteiger partial charge < -0.3 is 4.90 Å². The zero-order valence-corrected chi connectivity index (χ0v) is 16.9. The van der Waals surface area contributed by atoms with Crippen LogP contribution in [0.4, 0.5) is 5.13 Å². The summed E-state index contributed by atoms with van der Waals surface area (Å²) in [5.74, 6) is 0. The van der Waals surface area contributed by atoms with E-state index in [1.54, 1.807) is 11.3 Å². The van der Waals surface area contributed by atoms with E-state index in [1.165, 1.54) is 23.3 Å². The molecule has 0 aliphatic carbocycles. The van der Waals surface area contributed by atoms with E-state index in [2.05, 4.69) is 52.2 Å². The van der Waals surface area contributed by atoms with E-state index < -0.39 is 0 Å². The van der Waals surface area contributed by atoms with Crippen molar-refractivity contribution in [3.8, 4) is 0 Å². The van der Waals surface area contributed by atoms with E-state index in [0.29, 0.717) is 11.2 Å². The number of nitrogens with zero attached hydrogens (tertiary/aromatic N) is 4. The fourth-order valence-corrected chi connectivity index (χ4v) is 4.57. The van der Waals surface area contributed by atoms with Gasteiger partial charge in [-0.05, 0) is 32.0 Å². The molecule has 25 heavy (non-hydrogen) atoms. The summed E-state index contributed by atoms with van der Waals surface area (Å²) in [7, 11) is 6.26. The Bertz CT molecular complexity index is 673. The molecule has 1 aliphatic rings. The van der Waals surface area contributed by atoms with Crippen molar-refractivity contribution in [3.05, 3.63) is 45.9 Å². The number of aromatic nitrogens is 1. The highest BCUT2D eigenvalue weighted by Crippen LogP contribution is 2.30. The quantitative estimate of drug-likeness (QED) is 0.758. The molecule has 1 fully saturated rings. The van der Waals surface area contributed by atoms with Gasteiger partial charge >= 0.3 is 0 Å². The molecule has 0 saturated carbocycles. The van der Waals surface area contributed by atoms with E-state index in [1.807, 2.05) is 19.0 Å². The first kappa shape index (κ1) is 18.6. The predicted molar refractivity (Wildman–Crippen MR) is 108 cm³/mol. The number of hydrogen-bond acceptors (Lipinski definition) is 5. The maximum Gasteiger partial charge on any atom is 0.186 e. The van der Waals surface area contributed by atoms with Gasteiger partial charge in [0.2, 0.25) is 0 Å². The second-order valence-electron chi connectivity index (χ2n) is 7.04. The van der Waals surface area contributed by atoms with E-state index >= 15 is 0 Å². The number of anilines is 1. The Kier molecular flexibility index (Phi) is 6.34. The van der Waals surface area contributed by atoms with Crippen LogP contribution in [0.3, 0.4) is 0 Å². The molecule has 1 atom stereocenters. The highest BCUT2D eigenvalue weighted by Gasteiger charge is 2.24. The minimum Gasteiger partial charge on any atom is -0.354 e. The van der Waals surface area contributed by atoms with Gasteiger partial charge in [0.1, 0.15) is 5.15 Å². The molecule has 3 rings (SSSR count). The van der Waals surface area contributed by atoms with Crippen molar-refractivity contribution in [2.45, 2.75) is 32.0 Å². The molecule has 2 aromatic rings. The van der Waals surface area contributed by atoms with Gasteiger partial charge in [-0.15, -0.1) is 0 Å². The fraction of sp³-hybridized carbons (Fsp3) is 0.526. The highest BCUT2D eigenvalue weighted by molar-refractivity contribution is 7.16. The second kappa shape index (κ2) is 8.49. The molecule has 0 unspecified atom stereocenters. The summed E-state index contributed by atoms with van der Waals surface area (Å²) in [6.45, 7) is 4.14. The smallest absolute Gasteiger partial charge is 0.186 e. The Labute approximate surface area is 160 Å². The molecule has 0 bridgehead atoms. The van der Waals surface area contributed by atoms with Gasteiger partial charge in [0.15, 0.2) is 5.13 Å². The van der Waals surface area contributed by atoms with Crippen molar-refractivity contribution < 1.29 is 0 Å². The van der Waals surface area contributed by atoms with Gasteiger partial charge in [-0.3, -0.25) is 9.80 Å². The van der Waals surface area contributed by atoms with Crippen molar-refractivity contribution in [1.29, 1.82) is 0 Å². The third-order valence-corrected chi connectivity index (χ3v) is 6.40. The summed E-state index contributed by atoms with van der Waals surface area (Å²) in [5, 5.41) is 1.64. The number of benzene rings is 1. The zero-order chi connectivity index (χ0) is 17.8. The van der Waals surface area contributed by atoms with Gasteiger partial charge in [0.25, 0.3) is 0 Å². The molecule has 0 N–H and O–H groups in total. The molecule has 0 amide bonds.